The van der Waals surface area contributed by atoms with E-state index in [-0.39, 0.29) is 0 Å². The van der Waals surface area contributed by atoms with Crippen molar-refractivity contribution in [3.63, 3.8) is 0 Å². The number of hydrogen-bond donors (Lipinski definition) is 1. The van der Waals surface area contributed by atoms with Crippen LogP contribution in [0, 0.1) is 0 Å². The summed E-state index contributed by atoms with van der Waals surface area (Å²) in [6, 6.07) is 0. The van der Waals surface area contributed by atoms with Crippen LogP contribution in [-0.4, -0.2) is 19.5 Å². The molecule has 4 nitrogen and oxygen atoms in total. The van der Waals surface area contributed by atoms with Gasteiger partial charge in [-0.25, -0.2) is 9.97 Å². The van der Waals surface area contributed by atoms with E-state index in [1.165, 1.54) is 0 Å². The Balaban J connectivity index is 0.000000162. The molecule has 80 valence electrons. The van der Waals surface area contributed by atoms with E-state index in [0.29, 0.717) is 0 Å². The lowest BCUT2D eigenvalue weighted by Crippen LogP contribution is -1.87. The molecule has 0 saturated heterocycles. The normalized spacial score (nSPS) is 9.20. The van der Waals surface area contributed by atoms with E-state index >= 15 is 0 Å². The monoisotopic (exact) mass is 332 g/mol. The maximum Gasteiger partial charge on any atom is 0.124 e. The van der Waals surface area contributed by atoms with Gasteiger partial charge in [0.2, 0.25) is 0 Å². The van der Waals surface area contributed by atoms with Gasteiger partial charge in [-0.1, -0.05) is 6.08 Å². The van der Waals surface area contributed by atoms with Crippen molar-refractivity contribution in [2.75, 3.05) is 0 Å². The fourth-order valence-corrected chi connectivity index (χ4v) is 1.40. The third kappa shape index (κ3) is 4.94. The molecule has 2 heterocycles. The number of hydrogen-bond acceptors (Lipinski definition) is 2. The number of nitrogens with zero attached hydrogens (tertiary/aromatic N) is 3. The van der Waals surface area contributed by atoms with Crippen molar-refractivity contribution >= 4 is 31.9 Å². The lowest BCUT2D eigenvalue weighted by molar-refractivity contribution is 0.821. The van der Waals surface area contributed by atoms with Crippen LogP contribution in [0.1, 0.15) is 0 Å². The first-order chi connectivity index (χ1) is 7.22. The van der Waals surface area contributed by atoms with E-state index in [1.54, 1.807) is 18.9 Å². The zero-order valence-electron chi connectivity index (χ0n) is 7.90. The molecule has 0 aliphatic rings. The first-order valence-electron chi connectivity index (χ1n) is 4.14. The van der Waals surface area contributed by atoms with Crippen molar-refractivity contribution in [2.45, 2.75) is 6.54 Å². The van der Waals surface area contributed by atoms with Gasteiger partial charge in [0.1, 0.15) is 9.21 Å². The zero-order chi connectivity index (χ0) is 11.1. The maximum absolute atomic E-state index is 3.97. The Morgan fingerprint density at radius 2 is 2.33 bits per heavy atom. The van der Waals surface area contributed by atoms with Crippen molar-refractivity contribution in [1.82, 2.24) is 19.5 Å². The summed E-state index contributed by atoms with van der Waals surface area (Å²) in [6.45, 7) is 4.42. The number of nitrogens with one attached hydrogen (secondary N) is 1. The minimum Gasteiger partial charge on any atom is -0.339 e. The Kier molecular flexibility index (Phi) is 5.34. The number of allylic oxidation sites excluding steroid dienone is 1. The average molecular weight is 334 g/mol. The van der Waals surface area contributed by atoms with Gasteiger partial charge in [0.15, 0.2) is 0 Å². The quantitative estimate of drug-likeness (QED) is 0.859. The highest BCUT2D eigenvalue weighted by molar-refractivity contribution is 9.10. The van der Waals surface area contributed by atoms with Crippen LogP contribution in [0.15, 0.2) is 46.9 Å². The highest BCUT2D eigenvalue weighted by atomic mass is 79.9. The molecule has 2 aromatic heterocycles. The molecule has 0 unspecified atom stereocenters. The number of rotatable bonds is 2. The first-order valence-corrected chi connectivity index (χ1v) is 5.73. The molecule has 15 heavy (non-hydrogen) atoms. The van der Waals surface area contributed by atoms with E-state index in [9.17, 15) is 0 Å². The first kappa shape index (κ1) is 12.2. The molecule has 0 aliphatic heterocycles. The molecule has 0 fully saturated rings. The Morgan fingerprint density at radius 3 is 2.67 bits per heavy atom. The van der Waals surface area contributed by atoms with Crippen LogP contribution in [0.3, 0.4) is 0 Å². The van der Waals surface area contributed by atoms with Gasteiger partial charge < -0.3 is 9.55 Å². The van der Waals surface area contributed by atoms with Gasteiger partial charge >= 0.3 is 0 Å². The highest BCUT2D eigenvalue weighted by Crippen LogP contribution is 2.03. The summed E-state index contributed by atoms with van der Waals surface area (Å²) in [5, 5.41) is 0. The predicted octanol–water partition coefficient (Wildman–Crippen LogP) is 3.00. The third-order valence-electron chi connectivity index (χ3n) is 1.41. The van der Waals surface area contributed by atoms with Crippen molar-refractivity contribution in [1.29, 1.82) is 0 Å². The standard InChI is InChI=1S/C6H7BrN2.C3H3BrN2/c1-2-3-9-4-6(7)8-5-9;4-3-1-5-2-6-3/h2,4-5H,1,3H2;1-2H,(H,5,6). The summed E-state index contributed by atoms with van der Waals surface area (Å²) >= 11 is 6.40. The Labute approximate surface area is 105 Å². The van der Waals surface area contributed by atoms with Crippen molar-refractivity contribution < 1.29 is 0 Å². The summed E-state index contributed by atoms with van der Waals surface area (Å²) in [4.78, 5) is 10.5. The number of H-pyrrole nitrogens is 1. The molecule has 0 atom stereocenters. The SMILES string of the molecule is Brc1cnc[nH]1.C=CCn1cnc(Br)c1. The lowest BCUT2D eigenvalue weighted by atomic mass is 10.6. The van der Waals surface area contributed by atoms with Gasteiger partial charge in [0.25, 0.3) is 0 Å². The molecule has 0 aliphatic carbocycles. The second kappa shape index (κ2) is 6.58. The molecule has 0 amide bonds. The summed E-state index contributed by atoms with van der Waals surface area (Å²) in [7, 11) is 0. The van der Waals surface area contributed by atoms with Crippen LogP contribution >= 0.6 is 31.9 Å². The molecular weight excluding hydrogens is 324 g/mol. The average Bonchev–Trinajstić information content (AvgIpc) is 2.80. The Morgan fingerprint density at radius 1 is 1.53 bits per heavy atom. The van der Waals surface area contributed by atoms with Gasteiger partial charge in [-0.3, -0.25) is 0 Å². The summed E-state index contributed by atoms with van der Waals surface area (Å²) in [5.41, 5.74) is 0. The van der Waals surface area contributed by atoms with E-state index in [4.69, 9.17) is 0 Å². The second-order valence-corrected chi connectivity index (χ2v) is 4.25. The Bertz CT molecular complexity index is 394. The van der Waals surface area contributed by atoms with Crippen LogP contribution in [0.4, 0.5) is 0 Å². The minimum atomic E-state index is 0.818. The van der Waals surface area contributed by atoms with E-state index in [2.05, 4.69) is 53.4 Å². The van der Waals surface area contributed by atoms with Crippen LogP contribution in [0.2, 0.25) is 0 Å². The van der Waals surface area contributed by atoms with Crippen molar-refractivity contribution in [2.24, 2.45) is 0 Å². The minimum absolute atomic E-state index is 0.818. The maximum atomic E-state index is 3.97. The van der Waals surface area contributed by atoms with Crippen LogP contribution in [-0.2, 0) is 6.54 Å². The van der Waals surface area contributed by atoms with Gasteiger partial charge in [-0.15, -0.1) is 6.58 Å². The predicted molar refractivity (Wildman–Crippen MR) is 66.4 cm³/mol. The summed E-state index contributed by atoms with van der Waals surface area (Å²) in [6.07, 6.45) is 8.80. The topological polar surface area (TPSA) is 46.5 Å². The van der Waals surface area contributed by atoms with E-state index in [0.717, 1.165) is 15.8 Å². The van der Waals surface area contributed by atoms with Gasteiger partial charge in [0.05, 0.1) is 18.9 Å². The lowest BCUT2D eigenvalue weighted by Gasteiger charge is -1.90. The molecule has 0 saturated carbocycles. The van der Waals surface area contributed by atoms with Gasteiger partial charge in [0, 0.05) is 12.7 Å². The number of aromatic amines is 1. The molecule has 2 aromatic rings. The van der Waals surface area contributed by atoms with E-state index < -0.39 is 0 Å². The van der Waals surface area contributed by atoms with Crippen LogP contribution in [0.25, 0.3) is 0 Å². The number of imidazole rings is 2. The molecule has 6 heteroatoms. The summed E-state index contributed by atoms with van der Waals surface area (Å²) in [5.74, 6) is 0. The molecule has 0 radical (unpaired) electrons. The van der Waals surface area contributed by atoms with Crippen LogP contribution < -0.4 is 0 Å². The fraction of sp³-hybridized carbons (Fsp3) is 0.111. The highest BCUT2D eigenvalue weighted by Gasteiger charge is 1.88. The van der Waals surface area contributed by atoms with E-state index in [1.807, 2.05) is 16.8 Å². The van der Waals surface area contributed by atoms with Gasteiger partial charge in [-0.2, -0.15) is 0 Å². The van der Waals surface area contributed by atoms with Crippen molar-refractivity contribution in [3.8, 4) is 0 Å². The third-order valence-corrected chi connectivity index (χ3v) is 2.25. The fourth-order valence-electron chi connectivity index (χ4n) is 0.821. The largest absolute Gasteiger partial charge is 0.339 e. The molecule has 0 aromatic carbocycles. The molecule has 0 spiro atoms. The zero-order valence-corrected chi connectivity index (χ0v) is 11.1. The molecular formula is C9H10Br2N4. The molecule has 0 bridgehead atoms. The summed E-state index contributed by atoms with van der Waals surface area (Å²) < 4.78 is 3.73. The van der Waals surface area contributed by atoms with Crippen LogP contribution in [0.5, 0.6) is 0 Å². The number of aromatic nitrogens is 4. The second-order valence-electron chi connectivity index (χ2n) is 2.58. The number of halogens is 2. The van der Waals surface area contributed by atoms with Crippen molar-refractivity contribution in [3.05, 3.63) is 46.9 Å². The molecule has 2 rings (SSSR count). The molecule has 1 N–H and O–H groups in total. The smallest absolute Gasteiger partial charge is 0.124 e. The van der Waals surface area contributed by atoms with Gasteiger partial charge in [-0.05, 0) is 31.9 Å². The Hall–Kier alpha value is -0.880.